The molecule has 4 atom stereocenters. The van der Waals surface area contributed by atoms with Crippen LogP contribution in [-0.2, 0) is 25.7 Å². The number of hydrogen-bond acceptors (Lipinski definition) is 8. The number of aliphatic hydroxyl groups excluding tert-OH is 1. The predicted octanol–water partition coefficient (Wildman–Crippen LogP) is 6.23. The molecule has 1 saturated carbocycles. The highest BCUT2D eigenvalue weighted by Crippen LogP contribution is 2.42. The van der Waals surface area contributed by atoms with E-state index in [1.54, 1.807) is 11.3 Å². The average molecular weight is 888 g/mol. The first-order chi connectivity index (χ1) is 26.1. The molecular formula is C41H58IN7O5S. The van der Waals surface area contributed by atoms with Gasteiger partial charge in [0.2, 0.25) is 23.6 Å². The molecule has 4 N–H and O–H groups in total. The van der Waals surface area contributed by atoms with Crippen molar-refractivity contribution in [2.45, 2.75) is 137 Å². The Labute approximate surface area is 343 Å². The highest BCUT2D eigenvalue weighted by molar-refractivity contribution is 14.1. The zero-order chi connectivity index (χ0) is 39.9. The molecule has 1 aromatic carbocycles. The third-order valence-corrected chi connectivity index (χ3v) is 13.3. The van der Waals surface area contributed by atoms with Crippen molar-refractivity contribution in [2.24, 2.45) is 10.8 Å². The summed E-state index contributed by atoms with van der Waals surface area (Å²) in [5.74, 6) is -1.08. The molecule has 0 bridgehead atoms. The number of rotatable bonds is 15. The Morgan fingerprint density at radius 1 is 1.04 bits per heavy atom. The van der Waals surface area contributed by atoms with Crippen molar-refractivity contribution in [1.29, 1.82) is 0 Å². The fourth-order valence-electron chi connectivity index (χ4n) is 7.88. The molecular weight excluding hydrogens is 829 g/mol. The van der Waals surface area contributed by atoms with E-state index in [-0.39, 0.29) is 48.6 Å². The first-order valence-electron chi connectivity index (χ1n) is 19.6. The smallest absolute Gasteiger partial charge is 0.246 e. The molecule has 12 nitrogen and oxygen atoms in total. The van der Waals surface area contributed by atoms with Gasteiger partial charge in [-0.25, -0.2) is 4.98 Å². The van der Waals surface area contributed by atoms with Crippen LogP contribution in [0.5, 0.6) is 0 Å². The summed E-state index contributed by atoms with van der Waals surface area (Å²) in [6, 6.07) is 5.85. The number of aliphatic hydroxyl groups is 1. The minimum absolute atomic E-state index is 0.00479. The van der Waals surface area contributed by atoms with E-state index in [1.807, 2.05) is 70.6 Å². The zero-order valence-corrected chi connectivity index (χ0v) is 36.1. The largest absolute Gasteiger partial charge is 0.391 e. The number of aromatic nitrogens is 3. The van der Waals surface area contributed by atoms with Gasteiger partial charge in [0.05, 0.1) is 38.0 Å². The maximum Gasteiger partial charge on any atom is 0.246 e. The minimum Gasteiger partial charge on any atom is -0.391 e. The standard InChI is InChI=1S/C41H58IN7O5S/c1-26(29-12-14-30(15-13-29)36-27(2)44-25-55-36)46-38(53)33-21-31(50)23-48(33)39(54)37(40(4,5)6)47-35(52)11-10-20-43-34(51)16-19-41(17-8-7-9-18-41)24-49-28(3)32(42)22-45-49/h12-15,22,25-26,31,33,37,50H,7-11,16-21,23-24H2,1-6H3,(H,43,51)(H,46,53)(H,47,52)/t26-,31+,33-,37+/m0/s1. The number of halogens is 1. The van der Waals surface area contributed by atoms with Gasteiger partial charge in [-0.3, -0.25) is 23.9 Å². The van der Waals surface area contributed by atoms with E-state index in [4.69, 9.17) is 0 Å². The number of β-amino-alcohol motifs (C(OH)–C–C–N with tert-alkyl or cyclic N) is 1. The van der Waals surface area contributed by atoms with E-state index < -0.39 is 29.5 Å². The lowest BCUT2D eigenvalue weighted by Crippen LogP contribution is -2.57. The summed E-state index contributed by atoms with van der Waals surface area (Å²) >= 11 is 3.89. The Bertz CT molecular complexity index is 1800. The fraction of sp³-hybridized carbons (Fsp3) is 0.610. The zero-order valence-electron chi connectivity index (χ0n) is 33.1. The van der Waals surface area contributed by atoms with Gasteiger partial charge in [0.1, 0.15) is 12.1 Å². The van der Waals surface area contributed by atoms with E-state index in [9.17, 15) is 24.3 Å². The van der Waals surface area contributed by atoms with Gasteiger partial charge in [0.15, 0.2) is 0 Å². The van der Waals surface area contributed by atoms with E-state index in [0.717, 1.165) is 56.8 Å². The third kappa shape index (κ3) is 11.1. The number of carbonyl (C=O) groups excluding carboxylic acids is 4. The van der Waals surface area contributed by atoms with E-state index >= 15 is 0 Å². The van der Waals surface area contributed by atoms with Crippen molar-refractivity contribution in [3.63, 3.8) is 0 Å². The summed E-state index contributed by atoms with van der Waals surface area (Å²) in [5, 5.41) is 24.2. The number of amides is 4. The molecule has 2 fully saturated rings. The van der Waals surface area contributed by atoms with Gasteiger partial charge >= 0.3 is 0 Å². The molecule has 5 rings (SSSR count). The molecule has 1 saturated heterocycles. The first-order valence-corrected chi connectivity index (χ1v) is 21.6. The molecule has 1 aliphatic heterocycles. The summed E-state index contributed by atoms with van der Waals surface area (Å²) in [4.78, 5) is 60.6. The molecule has 14 heteroatoms. The van der Waals surface area contributed by atoms with Crippen molar-refractivity contribution in [2.75, 3.05) is 13.1 Å². The topological polar surface area (TPSA) is 159 Å². The maximum absolute atomic E-state index is 14.1. The quantitative estimate of drug-likeness (QED) is 0.104. The van der Waals surface area contributed by atoms with Gasteiger partial charge in [-0.15, -0.1) is 11.3 Å². The second-order valence-electron chi connectivity index (χ2n) is 16.6. The molecule has 4 amide bonds. The molecule has 2 aliphatic rings. The van der Waals surface area contributed by atoms with Crippen LogP contribution in [0.15, 0.2) is 36.0 Å². The number of hydrogen-bond donors (Lipinski definition) is 4. The number of carbonyl (C=O) groups is 4. The lowest BCUT2D eigenvalue weighted by atomic mass is 9.71. The number of benzene rings is 1. The van der Waals surface area contributed by atoms with Crippen molar-refractivity contribution in [1.82, 2.24) is 35.6 Å². The van der Waals surface area contributed by atoms with E-state index in [2.05, 4.69) is 60.2 Å². The van der Waals surface area contributed by atoms with Gasteiger partial charge < -0.3 is 26.0 Å². The Kier molecular flexibility index (Phi) is 14.6. The van der Waals surface area contributed by atoms with Gasteiger partial charge in [-0.1, -0.05) is 64.3 Å². The SMILES string of the molecule is Cc1ncsc1-c1ccc([C@H](C)NC(=O)[C@@H]2C[C@@H](O)CN2C(=O)[C@@H](NC(=O)CCCNC(=O)CCC2(Cn3ncc(I)c3C)CCCCC2)C(C)(C)C)cc1. The Morgan fingerprint density at radius 2 is 1.75 bits per heavy atom. The van der Waals surface area contributed by atoms with Gasteiger partial charge in [0, 0.05) is 44.6 Å². The molecule has 55 heavy (non-hydrogen) atoms. The molecule has 0 spiro atoms. The molecule has 0 radical (unpaired) electrons. The summed E-state index contributed by atoms with van der Waals surface area (Å²) in [6.45, 7) is 12.7. The molecule has 300 valence electrons. The Hall–Kier alpha value is -3.37. The van der Waals surface area contributed by atoms with Crippen LogP contribution in [0.2, 0.25) is 0 Å². The number of nitrogens with one attached hydrogen (secondary N) is 3. The van der Waals surface area contributed by atoms with Crippen molar-refractivity contribution < 1.29 is 24.3 Å². The first kappa shape index (κ1) is 42.8. The van der Waals surface area contributed by atoms with Crippen molar-refractivity contribution in [3.05, 3.63) is 56.5 Å². The van der Waals surface area contributed by atoms with Crippen LogP contribution < -0.4 is 16.0 Å². The van der Waals surface area contributed by atoms with E-state index in [0.29, 0.717) is 19.4 Å². The molecule has 3 aromatic rings. The highest BCUT2D eigenvalue weighted by atomic mass is 127. The second-order valence-corrected chi connectivity index (χ2v) is 18.6. The van der Waals surface area contributed by atoms with Gasteiger partial charge in [0.25, 0.3) is 0 Å². The van der Waals surface area contributed by atoms with Crippen LogP contribution >= 0.6 is 33.9 Å². The lowest BCUT2D eigenvalue weighted by molar-refractivity contribution is -0.144. The number of nitrogens with zero attached hydrogens (tertiary/aromatic N) is 4. The number of thiazole rings is 1. The third-order valence-electron chi connectivity index (χ3n) is 11.3. The molecule has 0 unspecified atom stereocenters. The Morgan fingerprint density at radius 3 is 2.36 bits per heavy atom. The van der Waals surface area contributed by atoms with Crippen LogP contribution in [0.25, 0.3) is 10.4 Å². The summed E-state index contributed by atoms with van der Waals surface area (Å²) < 4.78 is 3.24. The maximum atomic E-state index is 14.1. The van der Waals surface area contributed by atoms with Crippen LogP contribution in [-0.4, -0.2) is 79.7 Å². The number of likely N-dealkylation sites (tertiary alicyclic amines) is 1. The van der Waals surface area contributed by atoms with Crippen LogP contribution in [0, 0.1) is 28.2 Å². The van der Waals surface area contributed by atoms with Crippen LogP contribution in [0.1, 0.15) is 115 Å². The molecule has 1 aliphatic carbocycles. The fourth-order valence-corrected chi connectivity index (χ4v) is 9.10. The van der Waals surface area contributed by atoms with Crippen LogP contribution in [0.4, 0.5) is 0 Å². The predicted molar refractivity (Wildman–Crippen MR) is 223 cm³/mol. The number of aryl methyl sites for hydroxylation is 1. The summed E-state index contributed by atoms with van der Waals surface area (Å²) in [6.07, 6.45) is 8.69. The van der Waals surface area contributed by atoms with Crippen molar-refractivity contribution in [3.8, 4) is 10.4 Å². The Balaban J connectivity index is 1.10. The summed E-state index contributed by atoms with van der Waals surface area (Å²) in [5.41, 5.74) is 5.32. The molecule has 3 heterocycles. The second kappa shape index (κ2) is 18.7. The lowest BCUT2D eigenvalue weighted by Gasteiger charge is -2.37. The molecule has 2 aromatic heterocycles. The minimum atomic E-state index is -0.913. The average Bonchev–Trinajstić information content (AvgIpc) is 3.85. The van der Waals surface area contributed by atoms with Gasteiger partial charge in [-0.2, -0.15) is 5.10 Å². The van der Waals surface area contributed by atoms with Crippen LogP contribution in [0.3, 0.4) is 0 Å². The monoisotopic (exact) mass is 887 g/mol. The highest BCUT2D eigenvalue weighted by Gasteiger charge is 2.44. The summed E-state index contributed by atoms with van der Waals surface area (Å²) in [7, 11) is 0. The normalized spacial score (nSPS) is 19.5. The van der Waals surface area contributed by atoms with Crippen molar-refractivity contribution >= 4 is 57.6 Å². The van der Waals surface area contributed by atoms with E-state index in [1.165, 1.54) is 24.2 Å². The van der Waals surface area contributed by atoms with Gasteiger partial charge in [-0.05, 0) is 91.0 Å².